The maximum atomic E-state index is 10.9. The third kappa shape index (κ3) is 1.77. The molecule has 0 saturated carbocycles. The Morgan fingerprint density at radius 3 is 3.15 bits per heavy atom. The molecular weight excluding hydrogens is 170 g/mol. The van der Waals surface area contributed by atoms with Crippen LogP contribution in [0.15, 0.2) is 6.20 Å². The number of rotatable bonds is 2. The third-order valence-corrected chi connectivity index (χ3v) is 2.05. The van der Waals surface area contributed by atoms with E-state index in [0.717, 1.165) is 6.42 Å². The van der Waals surface area contributed by atoms with Gasteiger partial charge in [-0.25, -0.2) is 4.68 Å². The van der Waals surface area contributed by atoms with E-state index >= 15 is 0 Å². The Morgan fingerprint density at radius 2 is 2.62 bits per heavy atom. The highest BCUT2D eigenvalue weighted by Crippen LogP contribution is 2.08. The van der Waals surface area contributed by atoms with Crippen molar-refractivity contribution in [1.29, 1.82) is 0 Å². The van der Waals surface area contributed by atoms with E-state index in [9.17, 15) is 4.79 Å². The largest absolute Gasteiger partial charge is 0.381 e. The van der Waals surface area contributed by atoms with Crippen LogP contribution in [0, 0.1) is 0 Å². The van der Waals surface area contributed by atoms with Crippen molar-refractivity contribution in [3.8, 4) is 0 Å². The lowest BCUT2D eigenvalue weighted by atomic mass is 10.2. The molecule has 1 aliphatic heterocycles. The summed E-state index contributed by atoms with van der Waals surface area (Å²) in [5.74, 6) is 0.516. The van der Waals surface area contributed by atoms with Crippen LogP contribution in [-0.2, 0) is 11.3 Å². The molecule has 0 radical (unpaired) electrons. The quantitative estimate of drug-likeness (QED) is 0.621. The monoisotopic (exact) mass is 181 g/mol. The number of hydrogen-bond acceptors (Lipinski definition) is 4. The molecule has 1 amide bonds. The van der Waals surface area contributed by atoms with E-state index in [4.69, 9.17) is 5.73 Å². The van der Waals surface area contributed by atoms with Gasteiger partial charge in [-0.1, -0.05) is 5.21 Å². The molecule has 1 saturated heterocycles. The van der Waals surface area contributed by atoms with Gasteiger partial charge in [0.25, 0.3) is 0 Å². The number of anilines is 1. The van der Waals surface area contributed by atoms with Crippen LogP contribution in [0.1, 0.15) is 12.8 Å². The van der Waals surface area contributed by atoms with Crippen LogP contribution in [-0.4, -0.2) is 26.9 Å². The normalized spacial score (nSPS) is 21.8. The summed E-state index contributed by atoms with van der Waals surface area (Å²) < 4.78 is 1.64. The molecule has 70 valence electrons. The zero-order chi connectivity index (χ0) is 9.26. The second-order valence-corrected chi connectivity index (χ2v) is 3.17. The van der Waals surface area contributed by atoms with Crippen molar-refractivity contribution in [2.75, 3.05) is 5.73 Å². The zero-order valence-electron chi connectivity index (χ0n) is 7.10. The first-order valence-corrected chi connectivity index (χ1v) is 4.19. The molecule has 1 aliphatic rings. The maximum Gasteiger partial charge on any atom is 0.220 e. The first-order chi connectivity index (χ1) is 6.24. The summed E-state index contributed by atoms with van der Waals surface area (Å²) in [6, 6.07) is 0.175. The minimum atomic E-state index is 0.109. The topological polar surface area (TPSA) is 85.8 Å². The van der Waals surface area contributed by atoms with Gasteiger partial charge in [0.1, 0.15) is 0 Å². The highest BCUT2D eigenvalue weighted by molar-refractivity contribution is 5.78. The van der Waals surface area contributed by atoms with Crippen molar-refractivity contribution < 1.29 is 4.79 Å². The number of carbonyl (C=O) groups excluding carboxylic acids is 1. The summed E-state index contributed by atoms with van der Waals surface area (Å²) in [4.78, 5) is 10.9. The summed E-state index contributed by atoms with van der Waals surface area (Å²) in [5, 5.41) is 10.3. The van der Waals surface area contributed by atoms with Crippen LogP contribution in [0.25, 0.3) is 0 Å². The summed E-state index contributed by atoms with van der Waals surface area (Å²) in [6.45, 7) is 0.649. The molecule has 1 aromatic rings. The second-order valence-electron chi connectivity index (χ2n) is 3.17. The Labute approximate surface area is 75.1 Å². The van der Waals surface area contributed by atoms with Gasteiger partial charge < -0.3 is 11.1 Å². The Hall–Kier alpha value is -1.59. The average molecular weight is 181 g/mol. The molecule has 6 heteroatoms. The van der Waals surface area contributed by atoms with E-state index in [1.165, 1.54) is 0 Å². The number of hydrogen-bond donors (Lipinski definition) is 2. The smallest absolute Gasteiger partial charge is 0.220 e. The number of nitrogens with zero attached hydrogens (tertiary/aromatic N) is 3. The molecule has 13 heavy (non-hydrogen) atoms. The van der Waals surface area contributed by atoms with Gasteiger partial charge in [-0.3, -0.25) is 4.79 Å². The molecule has 3 N–H and O–H groups in total. The fourth-order valence-electron chi connectivity index (χ4n) is 1.44. The molecule has 1 aromatic heterocycles. The van der Waals surface area contributed by atoms with Crippen molar-refractivity contribution in [2.45, 2.75) is 25.4 Å². The molecular formula is C7H11N5O. The van der Waals surface area contributed by atoms with E-state index in [1.807, 2.05) is 0 Å². The Morgan fingerprint density at radius 1 is 1.77 bits per heavy atom. The van der Waals surface area contributed by atoms with Crippen LogP contribution < -0.4 is 11.1 Å². The number of nitrogen functional groups attached to an aromatic ring is 1. The van der Waals surface area contributed by atoms with Gasteiger partial charge in [-0.2, -0.15) is 0 Å². The Kier molecular flexibility index (Phi) is 1.88. The molecule has 0 bridgehead atoms. The van der Waals surface area contributed by atoms with E-state index in [1.54, 1.807) is 10.9 Å². The molecule has 6 nitrogen and oxygen atoms in total. The fraction of sp³-hybridized carbons (Fsp3) is 0.571. The van der Waals surface area contributed by atoms with E-state index in [2.05, 4.69) is 15.6 Å². The van der Waals surface area contributed by atoms with Crippen LogP contribution in [0.3, 0.4) is 0 Å². The highest BCUT2D eigenvalue weighted by atomic mass is 16.1. The average Bonchev–Trinajstić information content (AvgIpc) is 2.62. The molecule has 2 rings (SSSR count). The molecule has 1 fully saturated rings. The number of nitrogens with one attached hydrogen (secondary N) is 1. The maximum absolute atomic E-state index is 10.9. The SMILES string of the molecule is Nc1cn(CC2CCC(=O)N2)nn1. The summed E-state index contributed by atoms with van der Waals surface area (Å²) in [5.41, 5.74) is 5.40. The summed E-state index contributed by atoms with van der Waals surface area (Å²) in [6.07, 6.45) is 3.12. The van der Waals surface area contributed by atoms with Crippen molar-refractivity contribution in [1.82, 2.24) is 20.3 Å². The van der Waals surface area contributed by atoms with Crippen molar-refractivity contribution in [3.05, 3.63) is 6.20 Å². The first kappa shape index (κ1) is 8.03. The predicted molar refractivity (Wildman–Crippen MR) is 45.6 cm³/mol. The van der Waals surface area contributed by atoms with E-state index < -0.39 is 0 Å². The molecule has 0 spiro atoms. The number of nitrogens with two attached hydrogens (primary N) is 1. The molecule has 2 heterocycles. The van der Waals surface area contributed by atoms with Crippen LogP contribution >= 0.6 is 0 Å². The standard InChI is InChI=1S/C7H11N5O/c8-6-4-12(11-10-6)3-5-1-2-7(13)9-5/h4-5H,1-3,8H2,(H,9,13). The van der Waals surface area contributed by atoms with Crippen LogP contribution in [0.5, 0.6) is 0 Å². The zero-order valence-corrected chi connectivity index (χ0v) is 7.10. The molecule has 1 unspecified atom stereocenters. The van der Waals surface area contributed by atoms with Gasteiger partial charge in [0.15, 0.2) is 5.82 Å². The predicted octanol–water partition coefficient (Wildman–Crippen LogP) is -0.861. The van der Waals surface area contributed by atoms with Gasteiger partial charge in [-0.15, -0.1) is 5.10 Å². The van der Waals surface area contributed by atoms with Gasteiger partial charge in [0.05, 0.1) is 12.7 Å². The van der Waals surface area contributed by atoms with Crippen molar-refractivity contribution >= 4 is 11.7 Å². The summed E-state index contributed by atoms with van der Waals surface area (Å²) in [7, 11) is 0. The number of aromatic nitrogens is 3. The van der Waals surface area contributed by atoms with Gasteiger partial charge in [-0.05, 0) is 6.42 Å². The lowest BCUT2D eigenvalue weighted by Gasteiger charge is -2.07. The highest BCUT2D eigenvalue weighted by Gasteiger charge is 2.21. The number of carbonyl (C=O) groups is 1. The van der Waals surface area contributed by atoms with Crippen LogP contribution in [0.4, 0.5) is 5.82 Å². The van der Waals surface area contributed by atoms with Gasteiger partial charge >= 0.3 is 0 Å². The van der Waals surface area contributed by atoms with Gasteiger partial charge in [0, 0.05) is 12.5 Å². The first-order valence-electron chi connectivity index (χ1n) is 4.19. The second kappa shape index (κ2) is 3.04. The Balaban J connectivity index is 1.95. The van der Waals surface area contributed by atoms with E-state index in [0.29, 0.717) is 18.8 Å². The van der Waals surface area contributed by atoms with Gasteiger partial charge in [0.2, 0.25) is 5.91 Å². The third-order valence-electron chi connectivity index (χ3n) is 2.05. The number of amides is 1. The lowest BCUT2D eigenvalue weighted by molar-refractivity contribution is -0.119. The molecule has 0 aromatic carbocycles. The van der Waals surface area contributed by atoms with Crippen molar-refractivity contribution in [3.63, 3.8) is 0 Å². The Bertz CT molecular complexity index is 320. The van der Waals surface area contributed by atoms with Crippen molar-refractivity contribution in [2.24, 2.45) is 0 Å². The lowest BCUT2D eigenvalue weighted by Crippen LogP contribution is -2.29. The summed E-state index contributed by atoms with van der Waals surface area (Å²) >= 11 is 0. The minimum absolute atomic E-state index is 0.109. The van der Waals surface area contributed by atoms with Crippen LogP contribution in [0.2, 0.25) is 0 Å². The van der Waals surface area contributed by atoms with E-state index in [-0.39, 0.29) is 11.9 Å². The fourth-order valence-corrected chi connectivity index (χ4v) is 1.44. The minimum Gasteiger partial charge on any atom is -0.381 e. The molecule has 1 atom stereocenters. The molecule has 0 aliphatic carbocycles.